The van der Waals surface area contributed by atoms with E-state index in [4.69, 9.17) is 14.2 Å². The molecule has 0 aromatic heterocycles. The molecule has 1 amide bonds. The van der Waals surface area contributed by atoms with Crippen molar-refractivity contribution in [2.45, 2.75) is 6.54 Å². The largest absolute Gasteiger partial charge is 0.497 e. The second kappa shape index (κ2) is 8.19. The lowest BCUT2D eigenvalue weighted by Gasteiger charge is -2.18. The molecule has 2 aromatic rings. The molecule has 6 heteroatoms. The first-order valence-corrected chi connectivity index (χ1v) is 7.36. The summed E-state index contributed by atoms with van der Waals surface area (Å²) in [7, 11) is 4.61. The number of benzene rings is 2. The van der Waals surface area contributed by atoms with Crippen LogP contribution in [0.2, 0.25) is 0 Å². The van der Waals surface area contributed by atoms with Crippen LogP contribution >= 0.6 is 0 Å². The van der Waals surface area contributed by atoms with Crippen molar-refractivity contribution < 1.29 is 23.4 Å². The molecule has 2 rings (SSSR count). The van der Waals surface area contributed by atoms with Gasteiger partial charge in [0.2, 0.25) is 0 Å². The fourth-order valence-corrected chi connectivity index (χ4v) is 2.12. The highest BCUT2D eigenvalue weighted by Crippen LogP contribution is 2.20. The van der Waals surface area contributed by atoms with Crippen LogP contribution in [0.15, 0.2) is 42.5 Å². The van der Waals surface area contributed by atoms with Crippen LogP contribution < -0.4 is 14.2 Å². The van der Waals surface area contributed by atoms with Gasteiger partial charge in [-0.2, -0.15) is 0 Å². The van der Waals surface area contributed by atoms with Crippen LogP contribution in [-0.4, -0.2) is 38.7 Å². The molecule has 0 atom stereocenters. The van der Waals surface area contributed by atoms with Crippen molar-refractivity contribution in [3.63, 3.8) is 0 Å². The van der Waals surface area contributed by atoms with Crippen molar-refractivity contribution in [1.82, 2.24) is 4.90 Å². The number of rotatable bonds is 7. The van der Waals surface area contributed by atoms with E-state index in [0.29, 0.717) is 17.1 Å². The van der Waals surface area contributed by atoms with E-state index in [1.807, 2.05) is 0 Å². The van der Waals surface area contributed by atoms with Crippen LogP contribution in [0.5, 0.6) is 17.2 Å². The van der Waals surface area contributed by atoms with Crippen LogP contribution in [0.3, 0.4) is 0 Å². The molecule has 0 heterocycles. The summed E-state index contributed by atoms with van der Waals surface area (Å²) in [6.07, 6.45) is 0. The number of ether oxygens (including phenoxy) is 3. The minimum atomic E-state index is -0.455. The number of amides is 1. The molecule has 128 valence electrons. The van der Waals surface area contributed by atoms with Crippen LogP contribution in [0, 0.1) is 5.82 Å². The molecule has 2 aromatic carbocycles. The van der Waals surface area contributed by atoms with Gasteiger partial charge in [-0.1, -0.05) is 12.1 Å². The molecule has 0 radical (unpaired) electrons. The zero-order chi connectivity index (χ0) is 17.5. The van der Waals surface area contributed by atoms with Crippen molar-refractivity contribution in [1.29, 1.82) is 0 Å². The second-order valence-corrected chi connectivity index (χ2v) is 5.19. The molecule has 0 saturated carbocycles. The van der Waals surface area contributed by atoms with Crippen molar-refractivity contribution in [2.75, 3.05) is 27.9 Å². The molecule has 0 aliphatic carbocycles. The standard InChI is InChI=1S/C18H20FNO4/c1-20(11-13-7-8-17(23-3)16(19)9-13)18(21)12-24-15-6-4-5-14(10-15)22-2/h4-10H,11-12H2,1-3H3. The van der Waals surface area contributed by atoms with Crippen LogP contribution in [0.1, 0.15) is 5.56 Å². The summed E-state index contributed by atoms with van der Waals surface area (Å²) < 4.78 is 29.1. The third-order valence-electron chi connectivity index (χ3n) is 3.47. The Morgan fingerprint density at radius 1 is 1.08 bits per heavy atom. The topological polar surface area (TPSA) is 48.0 Å². The average Bonchev–Trinajstić information content (AvgIpc) is 2.60. The Balaban J connectivity index is 1.91. The summed E-state index contributed by atoms with van der Waals surface area (Å²) in [4.78, 5) is 13.6. The SMILES string of the molecule is COc1cccc(OCC(=O)N(C)Cc2ccc(OC)c(F)c2)c1. The Hall–Kier alpha value is -2.76. The number of halogens is 1. The smallest absolute Gasteiger partial charge is 0.260 e. The summed E-state index contributed by atoms with van der Waals surface area (Å²) in [6, 6.07) is 11.6. The summed E-state index contributed by atoms with van der Waals surface area (Å²) in [5.41, 5.74) is 0.672. The number of nitrogens with zero attached hydrogens (tertiary/aromatic N) is 1. The Bertz CT molecular complexity index is 705. The van der Waals surface area contributed by atoms with E-state index < -0.39 is 5.82 Å². The maximum absolute atomic E-state index is 13.7. The van der Waals surface area contributed by atoms with Crippen molar-refractivity contribution in [3.05, 3.63) is 53.8 Å². The quantitative estimate of drug-likeness (QED) is 0.782. The third kappa shape index (κ3) is 4.62. The maximum Gasteiger partial charge on any atom is 0.260 e. The lowest BCUT2D eigenvalue weighted by Crippen LogP contribution is -2.31. The number of hydrogen-bond donors (Lipinski definition) is 0. The Morgan fingerprint density at radius 3 is 2.50 bits per heavy atom. The maximum atomic E-state index is 13.7. The first kappa shape index (κ1) is 17.6. The molecule has 0 N–H and O–H groups in total. The van der Waals surface area contributed by atoms with Gasteiger partial charge in [0, 0.05) is 19.7 Å². The van der Waals surface area contributed by atoms with E-state index in [1.165, 1.54) is 24.1 Å². The highest BCUT2D eigenvalue weighted by atomic mass is 19.1. The number of carbonyl (C=O) groups excluding carboxylic acids is 1. The molecular weight excluding hydrogens is 313 g/mol. The normalized spacial score (nSPS) is 10.2. The predicted molar refractivity (Wildman–Crippen MR) is 87.9 cm³/mol. The third-order valence-corrected chi connectivity index (χ3v) is 3.47. The number of methoxy groups -OCH3 is 2. The Morgan fingerprint density at radius 2 is 1.83 bits per heavy atom. The second-order valence-electron chi connectivity index (χ2n) is 5.19. The fraction of sp³-hybridized carbons (Fsp3) is 0.278. The van der Waals surface area contributed by atoms with Crippen LogP contribution in [-0.2, 0) is 11.3 Å². The number of hydrogen-bond acceptors (Lipinski definition) is 4. The van der Waals surface area contributed by atoms with E-state index >= 15 is 0 Å². The first-order chi connectivity index (χ1) is 11.5. The lowest BCUT2D eigenvalue weighted by molar-refractivity contribution is -0.132. The Kier molecular flexibility index (Phi) is 6.01. The zero-order valence-corrected chi connectivity index (χ0v) is 13.9. The summed E-state index contributed by atoms with van der Waals surface area (Å²) in [6.45, 7) is 0.170. The van der Waals surface area contributed by atoms with Crippen LogP contribution in [0.4, 0.5) is 4.39 Å². The molecule has 0 bridgehead atoms. The minimum absolute atomic E-state index is 0.109. The van der Waals surface area contributed by atoms with Gasteiger partial charge in [0.25, 0.3) is 5.91 Å². The van der Waals surface area contributed by atoms with Gasteiger partial charge in [-0.25, -0.2) is 4.39 Å². The summed E-state index contributed by atoms with van der Waals surface area (Å²) in [5, 5.41) is 0. The van der Waals surface area contributed by atoms with Gasteiger partial charge in [0.15, 0.2) is 18.2 Å². The minimum Gasteiger partial charge on any atom is -0.497 e. The van der Waals surface area contributed by atoms with Gasteiger partial charge in [-0.15, -0.1) is 0 Å². The fourth-order valence-electron chi connectivity index (χ4n) is 2.12. The van der Waals surface area contributed by atoms with E-state index in [1.54, 1.807) is 44.5 Å². The highest BCUT2D eigenvalue weighted by molar-refractivity contribution is 5.77. The van der Waals surface area contributed by atoms with Gasteiger partial charge < -0.3 is 19.1 Å². The number of carbonyl (C=O) groups is 1. The molecule has 5 nitrogen and oxygen atoms in total. The van der Waals surface area contributed by atoms with E-state index in [2.05, 4.69) is 0 Å². The Labute approximate surface area is 140 Å². The average molecular weight is 333 g/mol. The molecule has 24 heavy (non-hydrogen) atoms. The molecule has 0 fully saturated rings. The van der Waals surface area contributed by atoms with Gasteiger partial charge in [0.1, 0.15) is 11.5 Å². The van der Waals surface area contributed by atoms with E-state index in [-0.39, 0.29) is 24.8 Å². The molecule has 0 saturated heterocycles. The van der Waals surface area contributed by atoms with E-state index in [0.717, 1.165) is 0 Å². The van der Waals surface area contributed by atoms with Crippen molar-refractivity contribution in [2.24, 2.45) is 0 Å². The van der Waals surface area contributed by atoms with Gasteiger partial charge in [-0.3, -0.25) is 4.79 Å². The highest BCUT2D eigenvalue weighted by Gasteiger charge is 2.12. The van der Waals surface area contributed by atoms with Crippen molar-refractivity contribution in [3.8, 4) is 17.2 Å². The monoisotopic (exact) mass is 333 g/mol. The van der Waals surface area contributed by atoms with Gasteiger partial charge >= 0.3 is 0 Å². The molecule has 0 aliphatic rings. The van der Waals surface area contributed by atoms with Gasteiger partial charge in [0.05, 0.1) is 14.2 Å². The lowest BCUT2D eigenvalue weighted by atomic mass is 10.2. The summed E-state index contributed by atoms with van der Waals surface area (Å²) in [5.74, 6) is 0.709. The molecule has 0 spiro atoms. The first-order valence-electron chi connectivity index (χ1n) is 7.36. The van der Waals surface area contributed by atoms with Crippen molar-refractivity contribution >= 4 is 5.91 Å². The predicted octanol–water partition coefficient (Wildman–Crippen LogP) is 2.88. The van der Waals surface area contributed by atoms with E-state index in [9.17, 15) is 9.18 Å². The van der Waals surface area contributed by atoms with Crippen LogP contribution in [0.25, 0.3) is 0 Å². The summed E-state index contributed by atoms with van der Waals surface area (Å²) >= 11 is 0. The zero-order valence-electron chi connectivity index (χ0n) is 13.9. The molecule has 0 unspecified atom stereocenters. The molecular formula is C18H20FNO4. The number of likely N-dealkylation sites (N-methyl/N-ethyl adjacent to an activating group) is 1. The molecule has 0 aliphatic heterocycles. The van der Waals surface area contributed by atoms with Gasteiger partial charge in [-0.05, 0) is 29.8 Å².